The van der Waals surface area contributed by atoms with Crippen LogP contribution in [-0.4, -0.2) is 13.2 Å². The van der Waals surface area contributed by atoms with Gasteiger partial charge in [-0.15, -0.1) is 0 Å². The second-order valence-corrected chi connectivity index (χ2v) is 7.57. The average molecular weight is 346 g/mol. The van der Waals surface area contributed by atoms with Crippen molar-refractivity contribution in [3.63, 3.8) is 0 Å². The van der Waals surface area contributed by atoms with Gasteiger partial charge in [0, 0.05) is 10.9 Å². The highest BCUT2D eigenvalue weighted by Crippen LogP contribution is 2.34. The van der Waals surface area contributed by atoms with E-state index in [0.717, 1.165) is 22.8 Å². The van der Waals surface area contributed by atoms with Crippen molar-refractivity contribution < 1.29 is 4.74 Å². The number of ether oxygens (including phenoxy) is 1. The van der Waals surface area contributed by atoms with E-state index in [1.165, 1.54) is 11.1 Å². The third-order valence-electron chi connectivity index (χ3n) is 4.32. The van der Waals surface area contributed by atoms with Crippen LogP contribution in [0.5, 0.6) is 5.75 Å². The zero-order valence-electron chi connectivity index (χ0n) is 15.1. The van der Waals surface area contributed by atoms with Gasteiger partial charge in [-0.1, -0.05) is 62.7 Å². The standard InChI is InChI=1S/C21H28ClNO/c1-5-24-20-11-10-17(21(2,3)4)13-18(20)16(14-23)12-15-8-6-7-9-19(15)22/h6-11,13,16H,5,12,14,23H2,1-4H3. The molecule has 130 valence electrons. The first-order valence-corrected chi connectivity index (χ1v) is 8.95. The van der Waals surface area contributed by atoms with E-state index in [4.69, 9.17) is 22.1 Å². The van der Waals surface area contributed by atoms with E-state index in [-0.39, 0.29) is 11.3 Å². The zero-order valence-corrected chi connectivity index (χ0v) is 15.9. The molecule has 24 heavy (non-hydrogen) atoms. The van der Waals surface area contributed by atoms with Gasteiger partial charge in [-0.25, -0.2) is 0 Å². The van der Waals surface area contributed by atoms with Gasteiger partial charge in [0.1, 0.15) is 5.75 Å². The fourth-order valence-electron chi connectivity index (χ4n) is 2.87. The Bertz CT molecular complexity index is 676. The van der Waals surface area contributed by atoms with Crippen molar-refractivity contribution in [2.45, 2.75) is 45.4 Å². The van der Waals surface area contributed by atoms with Crippen molar-refractivity contribution in [1.29, 1.82) is 0 Å². The Morgan fingerprint density at radius 1 is 1.12 bits per heavy atom. The predicted molar refractivity (Wildman–Crippen MR) is 103 cm³/mol. The summed E-state index contributed by atoms with van der Waals surface area (Å²) in [4.78, 5) is 0. The zero-order chi connectivity index (χ0) is 17.7. The summed E-state index contributed by atoms with van der Waals surface area (Å²) in [6, 6.07) is 14.4. The van der Waals surface area contributed by atoms with Gasteiger partial charge in [0.2, 0.25) is 0 Å². The molecule has 0 amide bonds. The third-order valence-corrected chi connectivity index (χ3v) is 4.69. The molecule has 0 aliphatic rings. The first kappa shape index (κ1) is 18.8. The molecular weight excluding hydrogens is 318 g/mol. The molecule has 0 aliphatic carbocycles. The van der Waals surface area contributed by atoms with E-state index in [2.05, 4.69) is 45.0 Å². The molecular formula is C21H28ClNO. The minimum absolute atomic E-state index is 0.0863. The Labute approximate surface area is 151 Å². The summed E-state index contributed by atoms with van der Waals surface area (Å²) in [6.07, 6.45) is 0.809. The lowest BCUT2D eigenvalue weighted by Gasteiger charge is -2.25. The molecule has 1 atom stereocenters. The van der Waals surface area contributed by atoms with E-state index >= 15 is 0 Å². The monoisotopic (exact) mass is 345 g/mol. The molecule has 0 fully saturated rings. The second-order valence-electron chi connectivity index (χ2n) is 7.16. The van der Waals surface area contributed by atoms with Gasteiger partial charge >= 0.3 is 0 Å². The van der Waals surface area contributed by atoms with Crippen molar-refractivity contribution in [1.82, 2.24) is 0 Å². The minimum atomic E-state index is 0.0863. The predicted octanol–water partition coefficient (Wildman–Crippen LogP) is 5.32. The number of rotatable bonds is 6. The molecule has 1 unspecified atom stereocenters. The Balaban J connectivity index is 2.43. The van der Waals surface area contributed by atoms with Crippen LogP contribution in [0.4, 0.5) is 0 Å². The molecule has 0 heterocycles. The summed E-state index contributed by atoms with van der Waals surface area (Å²) in [5.41, 5.74) is 9.80. The van der Waals surface area contributed by atoms with Crippen molar-refractivity contribution in [3.8, 4) is 5.75 Å². The molecule has 0 radical (unpaired) electrons. The summed E-state index contributed by atoms with van der Waals surface area (Å²) in [7, 11) is 0. The molecule has 0 aromatic heterocycles. The largest absolute Gasteiger partial charge is 0.494 e. The van der Waals surface area contributed by atoms with Gasteiger partial charge in [-0.3, -0.25) is 0 Å². The smallest absolute Gasteiger partial charge is 0.122 e. The van der Waals surface area contributed by atoms with Crippen molar-refractivity contribution >= 4 is 11.6 Å². The molecule has 0 spiro atoms. The van der Waals surface area contributed by atoms with Crippen molar-refractivity contribution in [3.05, 3.63) is 64.2 Å². The first-order valence-electron chi connectivity index (χ1n) is 8.57. The Hall–Kier alpha value is -1.51. The van der Waals surface area contributed by atoms with Gasteiger partial charge in [-0.05, 0) is 54.1 Å². The number of nitrogens with two attached hydrogens (primary N) is 1. The number of hydrogen-bond acceptors (Lipinski definition) is 2. The van der Waals surface area contributed by atoms with Crippen LogP contribution < -0.4 is 10.5 Å². The summed E-state index contributed by atoms with van der Waals surface area (Å²) in [5, 5.41) is 0.792. The first-order chi connectivity index (χ1) is 11.4. The van der Waals surface area contributed by atoms with Crippen LogP contribution in [0.25, 0.3) is 0 Å². The van der Waals surface area contributed by atoms with Crippen LogP contribution in [0.15, 0.2) is 42.5 Å². The highest BCUT2D eigenvalue weighted by atomic mass is 35.5. The van der Waals surface area contributed by atoms with Crippen LogP contribution in [0.3, 0.4) is 0 Å². The van der Waals surface area contributed by atoms with Gasteiger partial charge in [0.15, 0.2) is 0 Å². The minimum Gasteiger partial charge on any atom is -0.494 e. The quantitative estimate of drug-likeness (QED) is 0.768. The lowest BCUT2D eigenvalue weighted by atomic mass is 9.83. The Morgan fingerprint density at radius 2 is 1.83 bits per heavy atom. The highest BCUT2D eigenvalue weighted by Gasteiger charge is 2.21. The van der Waals surface area contributed by atoms with Crippen LogP contribution in [0.1, 0.15) is 50.3 Å². The number of halogens is 1. The summed E-state index contributed by atoms with van der Waals surface area (Å²) >= 11 is 6.35. The fourth-order valence-corrected chi connectivity index (χ4v) is 3.08. The SMILES string of the molecule is CCOc1ccc(C(C)(C)C)cc1C(CN)Cc1ccccc1Cl. The molecule has 2 aromatic carbocycles. The molecule has 0 bridgehead atoms. The normalized spacial score (nSPS) is 12.9. The van der Waals surface area contributed by atoms with Gasteiger partial charge < -0.3 is 10.5 Å². The third kappa shape index (κ3) is 4.52. The molecule has 0 saturated heterocycles. The number of hydrogen-bond donors (Lipinski definition) is 1. The van der Waals surface area contributed by atoms with Gasteiger partial charge in [-0.2, -0.15) is 0 Å². The Morgan fingerprint density at radius 3 is 2.42 bits per heavy atom. The molecule has 0 saturated carbocycles. The second kappa shape index (κ2) is 8.04. The average Bonchev–Trinajstić information content (AvgIpc) is 2.54. The van der Waals surface area contributed by atoms with E-state index in [1.54, 1.807) is 0 Å². The molecule has 2 nitrogen and oxygen atoms in total. The van der Waals surface area contributed by atoms with Crippen molar-refractivity contribution in [2.75, 3.05) is 13.2 Å². The summed E-state index contributed by atoms with van der Waals surface area (Å²) < 4.78 is 5.87. The Kier molecular flexibility index (Phi) is 6.31. The molecule has 3 heteroatoms. The maximum Gasteiger partial charge on any atom is 0.122 e. The van der Waals surface area contributed by atoms with Crippen LogP contribution in [0.2, 0.25) is 5.02 Å². The van der Waals surface area contributed by atoms with Crippen molar-refractivity contribution in [2.24, 2.45) is 5.73 Å². The molecule has 2 rings (SSSR count). The number of benzene rings is 2. The highest BCUT2D eigenvalue weighted by molar-refractivity contribution is 6.31. The molecule has 0 aliphatic heterocycles. The van der Waals surface area contributed by atoms with E-state index in [0.29, 0.717) is 13.2 Å². The molecule has 2 aromatic rings. The molecule has 2 N–H and O–H groups in total. The summed E-state index contributed by atoms with van der Waals surface area (Å²) in [6.45, 7) is 9.87. The lowest BCUT2D eigenvalue weighted by molar-refractivity contribution is 0.333. The summed E-state index contributed by atoms with van der Waals surface area (Å²) in [5.74, 6) is 1.10. The van der Waals surface area contributed by atoms with Crippen LogP contribution in [0, 0.1) is 0 Å². The van der Waals surface area contributed by atoms with Gasteiger partial charge in [0.25, 0.3) is 0 Å². The van der Waals surface area contributed by atoms with E-state index in [9.17, 15) is 0 Å². The maximum atomic E-state index is 6.35. The fraction of sp³-hybridized carbons (Fsp3) is 0.429. The van der Waals surface area contributed by atoms with E-state index < -0.39 is 0 Å². The van der Waals surface area contributed by atoms with E-state index in [1.807, 2.05) is 25.1 Å². The maximum absolute atomic E-state index is 6.35. The van der Waals surface area contributed by atoms with Crippen LogP contribution >= 0.6 is 11.6 Å². The van der Waals surface area contributed by atoms with Crippen LogP contribution in [-0.2, 0) is 11.8 Å². The van der Waals surface area contributed by atoms with Gasteiger partial charge in [0.05, 0.1) is 6.61 Å². The topological polar surface area (TPSA) is 35.2 Å². The lowest BCUT2D eigenvalue weighted by Crippen LogP contribution is -2.18.